The summed E-state index contributed by atoms with van der Waals surface area (Å²) in [6.45, 7) is 0.599. The number of aromatic carboxylic acids is 1. The van der Waals surface area contributed by atoms with Gasteiger partial charge in [0, 0.05) is 12.0 Å². The van der Waals surface area contributed by atoms with Gasteiger partial charge in [-0.3, -0.25) is 0 Å². The van der Waals surface area contributed by atoms with Crippen LogP contribution in [0.15, 0.2) is 18.2 Å². The van der Waals surface area contributed by atoms with Crippen molar-refractivity contribution >= 4 is 11.7 Å². The summed E-state index contributed by atoms with van der Waals surface area (Å²) in [7, 11) is 0. The maximum atomic E-state index is 13.5. The molecule has 2 rings (SSSR count). The number of hydrogen-bond donors (Lipinski definition) is 3. The summed E-state index contributed by atoms with van der Waals surface area (Å²) in [4.78, 5) is 10.6. The second kappa shape index (κ2) is 4.33. The molecule has 3 N–H and O–H groups in total. The Morgan fingerprint density at radius 2 is 2.18 bits per heavy atom. The van der Waals surface area contributed by atoms with Crippen molar-refractivity contribution in [3.8, 4) is 0 Å². The Morgan fingerprint density at radius 1 is 1.47 bits per heavy atom. The highest BCUT2D eigenvalue weighted by Gasteiger charge is 2.41. The van der Waals surface area contributed by atoms with Crippen LogP contribution in [0.5, 0.6) is 0 Å². The highest BCUT2D eigenvalue weighted by Crippen LogP contribution is 2.45. The SMILES string of the molecule is O=C(O)c1ccc(NCC2(CO)CC2)c(F)c1. The maximum absolute atomic E-state index is 13.5. The lowest BCUT2D eigenvalue weighted by molar-refractivity contribution is 0.0696. The summed E-state index contributed by atoms with van der Waals surface area (Å²) in [6.07, 6.45) is 1.87. The molecule has 1 aliphatic carbocycles. The van der Waals surface area contributed by atoms with E-state index >= 15 is 0 Å². The quantitative estimate of drug-likeness (QED) is 0.731. The molecule has 4 nitrogen and oxygen atoms in total. The van der Waals surface area contributed by atoms with Gasteiger partial charge in [0.15, 0.2) is 0 Å². The standard InChI is InChI=1S/C12H14FNO3/c13-9-5-8(11(16)17)1-2-10(9)14-6-12(7-15)3-4-12/h1-2,5,14-15H,3-4,6-7H2,(H,16,17). The van der Waals surface area contributed by atoms with E-state index in [0.717, 1.165) is 18.9 Å². The van der Waals surface area contributed by atoms with Gasteiger partial charge >= 0.3 is 5.97 Å². The fourth-order valence-corrected chi connectivity index (χ4v) is 1.64. The fourth-order valence-electron chi connectivity index (χ4n) is 1.64. The largest absolute Gasteiger partial charge is 0.478 e. The Labute approximate surface area is 98.1 Å². The van der Waals surface area contributed by atoms with E-state index in [4.69, 9.17) is 10.2 Å². The van der Waals surface area contributed by atoms with Crippen molar-refractivity contribution in [2.24, 2.45) is 5.41 Å². The van der Waals surface area contributed by atoms with E-state index in [-0.39, 0.29) is 23.3 Å². The van der Waals surface area contributed by atoms with Gasteiger partial charge in [0.2, 0.25) is 0 Å². The molecule has 1 aromatic carbocycles. The van der Waals surface area contributed by atoms with E-state index in [9.17, 15) is 9.18 Å². The topological polar surface area (TPSA) is 69.6 Å². The van der Waals surface area contributed by atoms with Crippen LogP contribution in [0, 0.1) is 11.2 Å². The number of nitrogens with one attached hydrogen (secondary N) is 1. The van der Waals surface area contributed by atoms with Crippen LogP contribution in [0.4, 0.5) is 10.1 Å². The number of hydrogen-bond acceptors (Lipinski definition) is 3. The maximum Gasteiger partial charge on any atom is 0.335 e. The molecule has 1 saturated carbocycles. The summed E-state index contributed by atoms with van der Waals surface area (Å²) >= 11 is 0. The van der Waals surface area contributed by atoms with Crippen molar-refractivity contribution < 1.29 is 19.4 Å². The number of rotatable bonds is 5. The molecule has 0 saturated heterocycles. The van der Waals surface area contributed by atoms with Gasteiger partial charge in [-0.2, -0.15) is 0 Å². The van der Waals surface area contributed by atoms with Gasteiger partial charge in [-0.05, 0) is 31.0 Å². The summed E-state index contributed by atoms with van der Waals surface area (Å²) < 4.78 is 13.5. The van der Waals surface area contributed by atoms with E-state index in [1.54, 1.807) is 0 Å². The predicted molar refractivity (Wildman–Crippen MR) is 60.6 cm³/mol. The number of carboxylic acids is 1. The average Bonchev–Trinajstić information content (AvgIpc) is 3.08. The fraction of sp³-hybridized carbons (Fsp3) is 0.417. The summed E-state index contributed by atoms with van der Waals surface area (Å²) in [5.41, 5.74) is 0.0869. The average molecular weight is 239 g/mol. The number of carboxylic acid groups (broad SMARTS) is 1. The van der Waals surface area contributed by atoms with E-state index in [1.807, 2.05) is 0 Å². The van der Waals surface area contributed by atoms with Crippen molar-refractivity contribution in [3.05, 3.63) is 29.6 Å². The number of carbonyl (C=O) groups is 1. The number of benzene rings is 1. The Bertz CT molecular complexity index is 443. The second-order valence-electron chi connectivity index (χ2n) is 4.51. The first-order valence-corrected chi connectivity index (χ1v) is 5.44. The smallest absolute Gasteiger partial charge is 0.335 e. The molecule has 0 amide bonds. The normalized spacial score (nSPS) is 16.6. The molecular formula is C12H14FNO3. The third-order valence-electron chi connectivity index (χ3n) is 3.16. The molecule has 0 atom stereocenters. The third-order valence-corrected chi connectivity index (χ3v) is 3.16. The van der Waals surface area contributed by atoms with Gasteiger partial charge in [-0.25, -0.2) is 9.18 Å². The lowest BCUT2D eigenvalue weighted by atomic mass is 10.1. The summed E-state index contributed by atoms with van der Waals surface area (Å²) in [5, 5.41) is 20.7. The molecule has 1 aromatic rings. The van der Waals surface area contributed by atoms with Crippen LogP contribution >= 0.6 is 0 Å². The summed E-state index contributed by atoms with van der Waals surface area (Å²) in [6, 6.07) is 3.75. The van der Waals surface area contributed by atoms with Gasteiger partial charge in [-0.1, -0.05) is 0 Å². The molecule has 0 aliphatic heterocycles. The number of halogens is 1. The Morgan fingerprint density at radius 3 is 2.65 bits per heavy atom. The van der Waals surface area contributed by atoms with Crippen molar-refractivity contribution in [3.63, 3.8) is 0 Å². The lowest BCUT2D eigenvalue weighted by Crippen LogP contribution is -2.19. The Balaban J connectivity index is 2.04. The van der Waals surface area contributed by atoms with E-state index in [1.165, 1.54) is 12.1 Å². The first-order chi connectivity index (χ1) is 8.06. The van der Waals surface area contributed by atoms with Crippen molar-refractivity contribution in [2.75, 3.05) is 18.5 Å². The van der Waals surface area contributed by atoms with Crippen LogP contribution in [0.3, 0.4) is 0 Å². The van der Waals surface area contributed by atoms with Gasteiger partial charge in [0.1, 0.15) is 5.82 Å². The zero-order valence-electron chi connectivity index (χ0n) is 9.24. The van der Waals surface area contributed by atoms with Crippen molar-refractivity contribution in [1.29, 1.82) is 0 Å². The molecule has 17 heavy (non-hydrogen) atoms. The molecule has 0 heterocycles. The second-order valence-corrected chi connectivity index (χ2v) is 4.51. The van der Waals surface area contributed by atoms with E-state index in [0.29, 0.717) is 6.54 Å². The molecule has 0 spiro atoms. The molecule has 1 fully saturated rings. The molecular weight excluding hydrogens is 225 g/mol. The number of aliphatic hydroxyl groups is 1. The van der Waals surface area contributed by atoms with Gasteiger partial charge < -0.3 is 15.5 Å². The monoisotopic (exact) mass is 239 g/mol. The third kappa shape index (κ3) is 2.55. The highest BCUT2D eigenvalue weighted by molar-refractivity contribution is 5.88. The van der Waals surface area contributed by atoms with Crippen LogP contribution in [0.2, 0.25) is 0 Å². The lowest BCUT2D eigenvalue weighted by Gasteiger charge is -2.14. The van der Waals surface area contributed by atoms with Crippen molar-refractivity contribution in [2.45, 2.75) is 12.8 Å². The zero-order valence-corrected chi connectivity index (χ0v) is 9.24. The molecule has 0 aromatic heterocycles. The number of aliphatic hydroxyl groups excluding tert-OH is 1. The first-order valence-electron chi connectivity index (χ1n) is 5.44. The Kier molecular flexibility index (Phi) is 3.02. The zero-order chi connectivity index (χ0) is 12.5. The van der Waals surface area contributed by atoms with E-state index < -0.39 is 11.8 Å². The minimum absolute atomic E-state index is 0.0728. The van der Waals surface area contributed by atoms with Crippen LogP contribution < -0.4 is 5.32 Å². The molecule has 0 radical (unpaired) electrons. The van der Waals surface area contributed by atoms with Crippen LogP contribution in [0.1, 0.15) is 23.2 Å². The van der Waals surface area contributed by atoms with Gasteiger partial charge in [0.05, 0.1) is 17.9 Å². The van der Waals surface area contributed by atoms with Crippen LogP contribution in [0.25, 0.3) is 0 Å². The number of anilines is 1. The molecule has 0 unspecified atom stereocenters. The minimum atomic E-state index is -1.15. The molecule has 0 bridgehead atoms. The van der Waals surface area contributed by atoms with Crippen LogP contribution in [-0.2, 0) is 0 Å². The van der Waals surface area contributed by atoms with Gasteiger partial charge in [-0.15, -0.1) is 0 Å². The summed E-state index contributed by atoms with van der Waals surface area (Å²) in [5.74, 6) is -1.73. The minimum Gasteiger partial charge on any atom is -0.478 e. The van der Waals surface area contributed by atoms with Crippen LogP contribution in [-0.4, -0.2) is 29.3 Å². The Hall–Kier alpha value is -1.62. The highest BCUT2D eigenvalue weighted by atomic mass is 19.1. The van der Waals surface area contributed by atoms with Gasteiger partial charge in [0.25, 0.3) is 0 Å². The van der Waals surface area contributed by atoms with Crippen molar-refractivity contribution in [1.82, 2.24) is 0 Å². The first kappa shape index (κ1) is 11.9. The molecule has 92 valence electrons. The van der Waals surface area contributed by atoms with E-state index in [2.05, 4.69) is 5.32 Å². The molecule has 5 heteroatoms. The molecule has 1 aliphatic rings. The predicted octanol–water partition coefficient (Wildman–Crippen LogP) is 1.71.